The highest BCUT2D eigenvalue weighted by Crippen LogP contribution is 2.23. The van der Waals surface area contributed by atoms with E-state index in [-0.39, 0.29) is 0 Å². The molecular formula is C13H11BrO. The van der Waals surface area contributed by atoms with E-state index in [2.05, 4.69) is 28.9 Å². The summed E-state index contributed by atoms with van der Waals surface area (Å²) in [6.45, 7) is 2.05. The van der Waals surface area contributed by atoms with E-state index in [1.165, 1.54) is 5.56 Å². The summed E-state index contributed by atoms with van der Waals surface area (Å²) in [4.78, 5) is 0. The van der Waals surface area contributed by atoms with Crippen molar-refractivity contribution in [1.29, 1.82) is 0 Å². The minimum absolute atomic E-state index is 0.851. The minimum atomic E-state index is 0.851. The van der Waals surface area contributed by atoms with Gasteiger partial charge in [0.05, 0.1) is 0 Å². The Hall–Kier alpha value is -1.28. The Morgan fingerprint density at radius 2 is 1.67 bits per heavy atom. The van der Waals surface area contributed by atoms with Gasteiger partial charge in [0.15, 0.2) is 0 Å². The van der Waals surface area contributed by atoms with Crippen LogP contribution >= 0.6 is 15.9 Å². The fourth-order valence-electron chi connectivity index (χ4n) is 1.32. The van der Waals surface area contributed by atoms with Crippen LogP contribution in [-0.2, 0) is 0 Å². The normalized spacial score (nSPS) is 10.0. The fraction of sp³-hybridized carbons (Fsp3) is 0.0769. The van der Waals surface area contributed by atoms with Gasteiger partial charge in [0, 0.05) is 4.47 Å². The van der Waals surface area contributed by atoms with Gasteiger partial charge >= 0.3 is 0 Å². The van der Waals surface area contributed by atoms with Crippen molar-refractivity contribution in [1.82, 2.24) is 0 Å². The van der Waals surface area contributed by atoms with Crippen LogP contribution in [0.5, 0.6) is 11.5 Å². The third-order valence-corrected chi connectivity index (χ3v) is 2.57. The van der Waals surface area contributed by atoms with Gasteiger partial charge in [0.2, 0.25) is 0 Å². The molecule has 0 N–H and O–H groups in total. The lowest BCUT2D eigenvalue weighted by molar-refractivity contribution is 0.482. The number of hydrogen-bond acceptors (Lipinski definition) is 1. The van der Waals surface area contributed by atoms with Crippen LogP contribution in [-0.4, -0.2) is 0 Å². The molecule has 0 atom stereocenters. The summed E-state index contributed by atoms with van der Waals surface area (Å²) in [5.41, 5.74) is 1.20. The van der Waals surface area contributed by atoms with Crippen LogP contribution in [0.2, 0.25) is 0 Å². The zero-order valence-electron chi connectivity index (χ0n) is 8.41. The average molecular weight is 263 g/mol. The average Bonchev–Trinajstić information content (AvgIpc) is 2.22. The molecule has 0 heterocycles. The van der Waals surface area contributed by atoms with E-state index in [1.54, 1.807) is 0 Å². The van der Waals surface area contributed by atoms with E-state index in [4.69, 9.17) is 4.74 Å². The smallest absolute Gasteiger partial charge is 0.127 e. The second-order valence-corrected chi connectivity index (χ2v) is 4.29. The van der Waals surface area contributed by atoms with Crippen LogP contribution in [0.1, 0.15) is 5.56 Å². The number of benzene rings is 2. The molecule has 15 heavy (non-hydrogen) atoms. The molecule has 2 aromatic carbocycles. The first kappa shape index (κ1) is 10.2. The number of rotatable bonds is 2. The Morgan fingerprint density at radius 1 is 0.933 bits per heavy atom. The van der Waals surface area contributed by atoms with Gasteiger partial charge in [0.25, 0.3) is 0 Å². The van der Waals surface area contributed by atoms with Crippen molar-refractivity contribution >= 4 is 15.9 Å². The lowest BCUT2D eigenvalue weighted by Crippen LogP contribution is -1.83. The maximum absolute atomic E-state index is 5.69. The number of halogens is 1. The van der Waals surface area contributed by atoms with E-state index >= 15 is 0 Å². The van der Waals surface area contributed by atoms with Gasteiger partial charge in [-0.05, 0) is 48.9 Å². The molecule has 0 spiro atoms. The van der Waals surface area contributed by atoms with Crippen molar-refractivity contribution in [3.05, 3.63) is 58.6 Å². The molecular weight excluding hydrogens is 252 g/mol. The van der Waals surface area contributed by atoms with Crippen molar-refractivity contribution < 1.29 is 4.74 Å². The highest BCUT2D eigenvalue weighted by molar-refractivity contribution is 9.10. The maximum atomic E-state index is 5.69. The quantitative estimate of drug-likeness (QED) is 0.772. The van der Waals surface area contributed by atoms with E-state index in [1.807, 2.05) is 42.5 Å². The molecule has 0 amide bonds. The van der Waals surface area contributed by atoms with Crippen molar-refractivity contribution in [3.63, 3.8) is 0 Å². The van der Waals surface area contributed by atoms with Crippen LogP contribution in [0.4, 0.5) is 0 Å². The molecule has 0 unspecified atom stereocenters. The summed E-state index contributed by atoms with van der Waals surface area (Å²) in [5.74, 6) is 1.72. The Bertz CT molecular complexity index is 448. The van der Waals surface area contributed by atoms with Gasteiger partial charge in [0.1, 0.15) is 11.5 Å². The molecule has 0 aliphatic carbocycles. The Kier molecular flexibility index (Phi) is 3.07. The molecule has 1 nitrogen and oxygen atoms in total. The number of hydrogen-bond donors (Lipinski definition) is 0. The van der Waals surface area contributed by atoms with Gasteiger partial charge in [-0.3, -0.25) is 0 Å². The summed E-state index contributed by atoms with van der Waals surface area (Å²) in [7, 11) is 0. The first-order valence-electron chi connectivity index (χ1n) is 4.74. The molecule has 0 aliphatic heterocycles. The topological polar surface area (TPSA) is 9.23 Å². The summed E-state index contributed by atoms with van der Waals surface area (Å²) in [6.07, 6.45) is 0. The predicted octanol–water partition coefficient (Wildman–Crippen LogP) is 4.55. The SMILES string of the molecule is Cc1cccc(Oc2ccc(Br)cc2)c1. The standard InChI is InChI=1S/C13H11BrO/c1-10-3-2-4-13(9-10)15-12-7-5-11(14)6-8-12/h2-9H,1H3. The fourth-order valence-corrected chi connectivity index (χ4v) is 1.58. The largest absolute Gasteiger partial charge is 0.457 e. The second-order valence-electron chi connectivity index (χ2n) is 3.37. The molecule has 0 aromatic heterocycles. The molecule has 0 saturated carbocycles. The molecule has 2 aromatic rings. The molecule has 2 rings (SSSR count). The summed E-state index contributed by atoms with van der Waals surface area (Å²) in [6, 6.07) is 15.8. The molecule has 0 radical (unpaired) electrons. The van der Waals surface area contributed by atoms with Gasteiger partial charge in [-0.25, -0.2) is 0 Å². The van der Waals surface area contributed by atoms with Crippen molar-refractivity contribution in [2.24, 2.45) is 0 Å². The van der Waals surface area contributed by atoms with Crippen LogP contribution in [0.15, 0.2) is 53.0 Å². The molecule has 2 heteroatoms. The Labute approximate surface area is 97.8 Å². The highest BCUT2D eigenvalue weighted by Gasteiger charge is 1.96. The molecule has 0 bridgehead atoms. The van der Waals surface area contributed by atoms with Crippen LogP contribution in [0.3, 0.4) is 0 Å². The molecule has 0 fully saturated rings. The maximum Gasteiger partial charge on any atom is 0.127 e. The van der Waals surface area contributed by atoms with Gasteiger partial charge in [-0.15, -0.1) is 0 Å². The number of aryl methyl sites for hydroxylation is 1. The lowest BCUT2D eigenvalue weighted by Gasteiger charge is -2.05. The van der Waals surface area contributed by atoms with Gasteiger partial charge in [-0.2, -0.15) is 0 Å². The minimum Gasteiger partial charge on any atom is -0.457 e. The zero-order chi connectivity index (χ0) is 10.7. The second kappa shape index (κ2) is 4.49. The zero-order valence-corrected chi connectivity index (χ0v) is 9.99. The van der Waals surface area contributed by atoms with Gasteiger partial charge in [-0.1, -0.05) is 28.1 Å². The third-order valence-electron chi connectivity index (χ3n) is 2.04. The first-order chi connectivity index (χ1) is 7.24. The van der Waals surface area contributed by atoms with Crippen molar-refractivity contribution in [3.8, 4) is 11.5 Å². The van der Waals surface area contributed by atoms with Crippen molar-refractivity contribution in [2.45, 2.75) is 6.92 Å². The third kappa shape index (κ3) is 2.83. The monoisotopic (exact) mass is 262 g/mol. The lowest BCUT2D eigenvalue weighted by atomic mass is 10.2. The van der Waals surface area contributed by atoms with Crippen molar-refractivity contribution in [2.75, 3.05) is 0 Å². The van der Waals surface area contributed by atoms with Crippen LogP contribution in [0, 0.1) is 6.92 Å². The molecule has 0 saturated heterocycles. The highest BCUT2D eigenvalue weighted by atomic mass is 79.9. The summed E-state index contributed by atoms with van der Waals surface area (Å²) < 4.78 is 6.75. The van der Waals surface area contributed by atoms with Crippen LogP contribution in [0.25, 0.3) is 0 Å². The Morgan fingerprint density at radius 3 is 2.33 bits per heavy atom. The van der Waals surface area contributed by atoms with E-state index in [0.29, 0.717) is 0 Å². The number of ether oxygens (including phenoxy) is 1. The van der Waals surface area contributed by atoms with E-state index in [0.717, 1.165) is 16.0 Å². The molecule has 76 valence electrons. The molecule has 0 aliphatic rings. The Balaban J connectivity index is 2.18. The predicted molar refractivity (Wildman–Crippen MR) is 65.4 cm³/mol. The first-order valence-corrected chi connectivity index (χ1v) is 5.53. The van der Waals surface area contributed by atoms with Crippen LogP contribution < -0.4 is 4.74 Å². The van der Waals surface area contributed by atoms with Gasteiger partial charge < -0.3 is 4.74 Å². The van der Waals surface area contributed by atoms with E-state index < -0.39 is 0 Å². The summed E-state index contributed by atoms with van der Waals surface area (Å²) in [5, 5.41) is 0. The van der Waals surface area contributed by atoms with E-state index in [9.17, 15) is 0 Å². The summed E-state index contributed by atoms with van der Waals surface area (Å²) >= 11 is 3.39.